The van der Waals surface area contributed by atoms with Gasteiger partial charge in [0.25, 0.3) is 11.1 Å². The first kappa shape index (κ1) is 28.4. The van der Waals surface area contributed by atoms with Gasteiger partial charge in [0.05, 0.1) is 29.7 Å². The first-order valence-electron chi connectivity index (χ1n) is 13.7. The standard InChI is InChI=1S/C32H30N4O6S/c1-35-17-22(14-26(31(35)38)34-29-10-9-23(16-33-29)43(3,40)41)24-5-4-6-27(25(24)18-37)36-12-11-20-13-21(19-7-8-19)15-28(42-2)30(20)32(36)39/h4-6,9-17,19,37H,7-8,18H2,1-3H3,(H,33,34). The zero-order chi connectivity index (χ0) is 30.5. The van der Waals surface area contributed by atoms with Gasteiger partial charge >= 0.3 is 0 Å². The van der Waals surface area contributed by atoms with Gasteiger partial charge in [0.2, 0.25) is 0 Å². The van der Waals surface area contributed by atoms with Crippen molar-refractivity contribution in [2.24, 2.45) is 7.05 Å². The lowest BCUT2D eigenvalue weighted by Crippen LogP contribution is -2.21. The van der Waals surface area contributed by atoms with Crippen LogP contribution in [0.15, 0.2) is 87.7 Å². The minimum absolute atomic E-state index is 0.0639. The zero-order valence-corrected chi connectivity index (χ0v) is 24.7. The summed E-state index contributed by atoms with van der Waals surface area (Å²) in [5, 5.41) is 14.8. The Bertz CT molecular complexity index is 2110. The number of benzene rings is 2. The quantitative estimate of drug-likeness (QED) is 0.271. The summed E-state index contributed by atoms with van der Waals surface area (Å²) in [4.78, 5) is 31.1. The lowest BCUT2D eigenvalue weighted by atomic mass is 9.98. The third-order valence-electron chi connectivity index (χ3n) is 7.75. The van der Waals surface area contributed by atoms with Crippen LogP contribution >= 0.6 is 0 Å². The van der Waals surface area contributed by atoms with Gasteiger partial charge in [-0.1, -0.05) is 18.2 Å². The molecule has 3 aromatic heterocycles. The number of fused-ring (bicyclic) bond motifs is 1. The number of hydrogen-bond donors (Lipinski definition) is 2. The van der Waals surface area contributed by atoms with Crippen LogP contribution in [0.2, 0.25) is 0 Å². The Balaban J connectivity index is 1.44. The molecule has 1 aliphatic carbocycles. The van der Waals surface area contributed by atoms with Crippen LogP contribution < -0.4 is 21.2 Å². The van der Waals surface area contributed by atoms with Gasteiger partial charge in [0.15, 0.2) is 9.84 Å². The summed E-state index contributed by atoms with van der Waals surface area (Å²) >= 11 is 0. The molecule has 220 valence electrons. The average Bonchev–Trinajstić information content (AvgIpc) is 3.84. The molecule has 0 bridgehead atoms. The fraction of sp³-hybridized carbons (Fsp3) is 0.219. The minimum Gasteiger partial charge on any atom is -0.496 e. The predicted octanol–water partition coefficient (Wildman–Crippen LogP) is 4.28. The second-order valence-electron chi connectivity index (χ2n) is 10.7. The van der Waals surface area contributed by atoms with Gasteiger partial charge in [-0.05, 0) is 71.7 Å². The molecule has 0 radical (unpaired) electrons. The Kier molecular flexibility index (Phi) is 7.15. The van der Waals surface area contributed by atoms with Crippen molar-refractivity contribution in [1.82, 2.24) is 14.1 Å². The van der Waals surface area contributed by atoms with Crippen molar-refractivity contribution in [2.45, 2.75) is 30.3 Å². The number of sulfone groups is 1. The lowest BCUT2D eigenvalue weighted by molar-refractivity contribution is 0.282. The van der Waals surface area contributed by atoms with Gasteiger partial charge in [-0.15, -0.1) is 0 Å². The van der Waals surface area contributed by atoms with Crippen LogP contribution in [-0.4, -0.2) is 41.0 Å². The molecule has 1 fully saturated rings. The highest BCUT2D eigenvalue weighted by Crippen LogP contribution is 2.42. The number of nitrogens with zero attached hydrogens (tertiary/aromatic N) is 3. The van der Waals surface area contributed by atoms with Gasteiger partial charge in [0, 0.05) is 43.0 Å². The lowest BCUT2D eigenvalue weighted by Gasteiger charge is -2.18. The maximum Gasteiger partial charge on any atom is 0.274 e. The molecule has 0 saturated heterocycles. The summed E-state index contributed by atoms with van der Waals surface area (Å²) in [6.07, 6.45) is 7.94. The number of anilines is 2. The number of aryl methyl sites for hydroxylation is 1. The molecule has 0 unspecified atom stereocenters. The maximum absolute atomic E-state index is 13.9. The number of nitrogens with one attached hydrogen (secondary N) is 1. The molecule has 0 spiro atoms. The van der Waals surface area contributed by atoms with Gasteiger partial charge in [-0.25, -0.2) is 13.4 Å². The van der Waals surface area contributed by atoms with E-state index in [2.05, 4.69) is 10.3 Å². The van der Waals surface area contributed by atoms with E-state index in [4.69, 9.17) is 4.74 Å². The van der Waals surface area contributed by atoms with Crippen molar-refractivity contribution in [3.05, 3.63) is 105 Å². The van der Waals surface area contributed by atoms with E-state index in [1.54, 1.807) is 44.8 Å². The Hall–Kier alpha value is -4.74. The monoisotopic (exact) mass is 598 g/mol. The molecule has 5 aromatic rings. The predicted molar refractivity (Wildman–Crippen MR) is 165 cm³/mol. The number of ether oxygens (including phenoxy) is 1. The number of pyridine rings is 3. The van der Waals surface area contributed by atoms with E-state index in [9.17, 15) is 23.1 Å². The van der Waals surface area contributed by atoms with E-state index >= 15 is 0 Å². The Morgan fingerprint density at radius 2 is 1.86 bits per heavy atom. The Morgan fingerprint density at radius 1 is 1.07 bits per heavy atom. The molecule has 43 heavy (non-hydrogen) atoms. The molecular weight excluding hydrogens is 568 g/mol. The summed E-state index contributed by atoms with van der Waals surface area (Å²) in [6.45, 7) is -0.367. The number of hydrogen-bond acceptors (Lipinski definition) is 8. The van der Waals surface area contributed by atoms with Crippen molar-refractivity contribution in [3.63, 3.8) is 0 Å². The molecule has 10 nitrogen and oxygen atoms in total. The second-order valence-corrected chi connectivity index (χ2v) is 12.8. The normalized spacial score (nSPS) is 13.3. The van der Waals surface area contributed by atoms with Crippen LogP contribution in [0.3, 0.4) is 0 Å². The summed E-state index contributed by atoms with van der Waals surface area (Å²) < 4.78 is 32.1. The first-order valence-corrected chi connectivity index (χ1v) is 15.6. The summed E-state index contributed by atoms with van der Waals surface area (Å²) in [5.41, 5.74) is 3.01. The molecule has 2 aromatic carbocycles. The van der Waals surface area contributed by atoms with Crippen molar-refractivity contribution in [1.29, 1.82) is 0 Å². The van der Waals surface area contributed by atoms with Crippen LogP contribution in [0.1, 0.15) is 29.9 Å². The van der Waals surface area contributed by atoms with Crippen LogP contribution in [-0.2, 0) is 23.5 Å². The minimum atomic E-state index is -3.42. The third-order valence-corrected chi connectivity index (χ3v) is 8.85. The van der Waals surface area contributed by atoms with E-state index in [0.29, 0.717) is 45.2 Å². The average molecular weight is 599 g/mol. The topological polar surface area (TPSA) is 133 Å². The van der Waals surface area contributed by atoms with Crippen molar-refractivity contribution in [3.8, 4) is 22.6 Å². The number of aliphatic hydroxyl groups excluding tert-OH is 1. The summed E-state index contributed by atoms with van der Waals surface area (Å²) in [7, 11) is -0.253. The molecule has 6 rings (SSSR count). The van der Waals surface area contributed by atoms with E-state index < -0.39 is 9.84 Å². The Labute approximate surface area is 247 Å². The molecular formula is C32H30N4O6S. The first-order chi connectivity index (χ1) is 20.6. The fourth-order valence-electron chi connectivity index (χ4n) is 5.36. The van der Waals surface area contributed by atoms with Gasteiger partial charge in [0.1, 0.15) is 17.3 Å². The largest absolute Gasteiger partial charge is 0.496 e. The second kappa shape index (κ2) is 10.8. The number of rotatable bonds is 8. The molecule has 0 atom stereocenters. The van der Waals surface area contributed by atoms with Gasteiger partial charge < -0.3 is 19.7 Å². The molecule has 0 amide bonds. The van der Waals surface area contributed by atoms with Crippen LogP contribution in [0.4, 0.5) is 11.5 Å². The highest BCUT2D eigenvalue weighted by molar-refractivity contribution is 7.90. The summed E-state index contributed by atoms with van der Waals surface area (Å²) in [6, 6.07) is 15.8. The van der Waals surface area contributed by atoms with E-state index in [1.807, 2.05) is 24.3 Å². The van der Waals surface area contributed by atoms with Gasteiger partial charge in [-0.3, -0.25) is 14.2 Å². The molecule has 2 N–H and O–H groups in total. The highest BCUT2D eigenvalue weighted by Gasteiger charge is 2.25. The fourth-order valence-corrected chi connectivity index (χ4v) is 5.92. The third kappa shape index (κ3) is 5.33. The number of aromatic nitrogens is 3. The molecule has 1 aliphatic rings. The molecule has 11 heteroatoms. The van der Waals surface area contributed by atoms with Crippen molar-refractivity contribution >= 4 is 32.1 Å². The van der Waals surface area contributed by atoms with E-state index in [-0.39, 0.29) is 28.3 Å². The molecule has 1 saturated carbocycles. The number of aliphatic hydroxyl groups is 1. The van der Waals surface area contributed by atoms with Crippen molar-refractivity contribution < 1.29 is 18.3 Å². The summed E-state index contributed by atoms with van der Waals surface area (Å²) in [5.74, 6) is 1.31. The van der Waals surface area contributed by atoms with Crippen molar-refractivity contribution in [2.75, 3.05) is 18.7 Å². The molecule has 3 heterocycles. The maximum atomic E-state index is 13.9. The SMILES string of the molecule is COc1cc(C2CC2)cc2ccn(-c3cccc(-c4cc(Nc5ccc(S(C)(=O)=O)cn5)c(=O)n(C)c4)c3CO)c(=O)c12. The van der Waals surface area contributed by atoms with Crippen LogP contribution in [0.25, 0.3) is 27.6 Å². The van der Waals surface area contributed by atoms with Crippen LogP contribution in [0, 0.1) is 0 Å². The smallest absolute Gasteiger partial charge is 0.274 e. The number of methoxy groups -OCH3 is 1. The Morgan fingerprint density at radius 3 is 2.51 bits per heavy atom. The highest BCUT2D eigenvalue weighted by atomic mass is 32.2. The molecule has 0 aliphatic heterocycles. The van der Waals surface area contributed by atoms with Crippen LogP contribution in [0.5, 0.6) is 5.75 Å². The van der Waals surface area contributed by atoms with Gasteiger partial charge in [-0.2, -0.15) is 0 Å². The van der Waals surface area contributed by atoms with E-state index in [1.165, 1.54) is 33.0 Å². The van der Waals surface area contributed by atoms with E-state index in [0.717, 1.165) is 24.5 Å². The zero-order valence-electron chi connectivity index (χ0n) is 23.9.